The number of ether oxygens (including phenoxy) is 2. The van der Waals surface area contributed by atoms with Crippen LogP contribution in [0.3, 0.4) is 0 Å². The summed E-state index contributed by atoms with van der Waals surface area (Å²) in [5.74, 6) is 1.56. The van der Waals surface area contributed by atoms with Crippen LogP contribution in [0.15, 0.2) is 67.0 Å². The SMILES string of the molecule is O=C(NCC1(c2ccc3c(c2)OCCO3)CCCC1)C(c1ccccc1)n1cccn1. The number of nitrogens with one attached hydrogen (secondary N) is 1. The Balaban J connectivity index is 1.39. The highest BCUT2D eigenvalue weighted by atomic mass is 16.6. The number of fused-ring (bicyclic) bond motifs is 1. The smallest absolute Gasteiger partial charge is 0.249 e. The van der Waals surface area contributed by atoms with Crippen molar-refractivity contribution >= 4 is 5.91 Å². The van der Waals surface area contributed by atoms with Crippen molar-refractivity contribution in [2.45, 2.75) is 37.1 Å². The third kappa shape index (κ3) is 3.90. The van der Waals surface area contributed by atoms with Gasteiger partial charge in [-0.3, -0.25) is 9.48 Å². The van der Waals surface area contributed by atoms with Gasteiger partial charge < -0.3 is 14.8 Å². The number of rotatable bonds is 6. The number of hydrogen-bond acceptors (Lipinski definition) is 4. The summed E-state index contributed by atoms with van der Waals surface area (Å²) in [5.41, 5.74) is 2.05. The molecule has 6 heteroatoms. The molecule has 1 aliphatic heterocycles. The molecule has 1 saturated carbocycles. The van der Waals surface area contributed by atoms with Crippen LogP contribution in [0, 0.1) is 0 Å². The Morgan fingerprint density at radius 3 is 2.55 bits per heavy atom. The summed E-state index contributed by atoms with van der Waals surface area (Å²) in [6.45, 7) is 1.75. The summed E-state index contributed by atoms with van der Waals surface area (Å²) < 4.78 is 13.2. The topological polar surface area (TPSA) is 65.4 Å². The Morgan fingerprint density at radius 2 is 1.81 bits per heavy atom. The molecule has 1 amide bonds. The molecule has 2 heterocycles. The summed E-state index contributed by atoms with van der Waals surface area (Å²) in [5, 5.41) is 7.60. The minimum Gasteiger partial charge on any atom is -0.486 e. The van der Waals surface area contributed by atoms with E-state index in [0.29, 0.717) is 19.8 Å². The van der Waals surface area contributed by atoms with E-state index in [1.165, 1.54) is 5.56 Å². The van der Waals surface area contributed by atoms with E-state index in [-0.39, 0.29) is 11.3 Å². The fourth-order valence-corrected chi connectivity index (χ4v) is 4.84. The van der Waals surface area contributed by atoms with E-state index in [2.05, 4.69) is 22.5 Å². The summed E-state index contributed by atoms with van der Waals surface area (Å²) in [6, 6.07) is 17.4. The Hall–Kier alpha value is -3.28. The maximum atomic E-state index is 13.4. The number of benzene rings is 2. The van der Waals surface area contributed by atoms with E-state index < -0.39 is 6.04 Å². The van der Waals surface area contributed by atoms with Gasteiger partial charge >= 0.3 is 0 Å². The minimum absolute atomic E-state index is 0.0429. The number of aromatic nitrogens is 2. The number of carbonyl (C=O) groups excluding carboxylic acids is 1. The van der Waals surface area contributed by atoms with Crippen molar-refractivity contribution in [3.63, 3.8) is 0 Å². The summed E-state index contributed by atoms with van der Waals surface area (Å²) in [7, 11) is 0. The lowest BCUT2D eigenvalue weighted by atomic mass is 9.78. The van der Waals surface area contributed by atoms with Crippen LogP contribution in [0.1, 0.15) is 42.9 Å². The van der Waals surface area contributed by atoms with Crippen LogP contribution in [0.4, 0.5) is 0 Å². The van der Waals surface area contributed by atoms with Crippen molar-refractivity contribution in [1.82, 2.24) is 15.1 Å². The number of hydrogen-bond donors (Lipinski definition) is 1. The highest BCUT2D eigenvalue weighted by Crippen LogP contribution is 2.44. The van der Waals surface area contributed by atoms with Gasteiger partial charge in [0.15, 0.2) is 17.5 Å². The first-order valence-electron chi connectivity index (χ1n) is 11.0. The van der Waals surface area contributed by atoms with Crippen LogP contribution >= 0.6 is 0 Å². The van der Waals surface area contributed by atoms with Gasteiger partial charge in [0.1, 0.15) is 13.2 Å². The highest BCUT2D eigenvalue weighted by molar-refractivity contribution is 5.83. The predicted octanol–water partition coefficient (Wildman–Crippen LogP) is 3.87. The van der Waals surface area contributed by atoms with Gasteiger partial charge in [-0.2, -0.15) is 5.10 Å². The fourth-order valence-electron chi connectivity index (χ4n) is 4.84. The number of amides is 1. The molecular weight excluding hydrogens is 390 g/mol. The number of nitrogens with zero attached hydrogens (tertiary/aromatic N) is 2. The second kappa shape index (κ2) is 8.46. The average Bonchev–Trinajstić information content (AvgIpc) is 3.52. The van der Waals surface area contributed by atoms with Gasteiger partial charge in [-0.15, -0.1) is 0 Å². The van der Waals surface area contributed by atoms with Crippen LogP contribution in [0.25, 0.3) is 0 Å². The van der Waals surface area contributed by atoms with Gasteiger partial charge in [0.25, 0.3) is 0 Å². The van der Waals surface area contributed by atoms with Gasteiger partial charge in [0.05, 0.1) is 0 Å². The first-order chi connectivity index (χ1) is 15.3. The average molecular weight is 418 g/mol. The standard InChI is InChI=1S/C25H27N3O3/c29-24(23(28-14-6-13-27-28)19-7-2-1-3-8-19)26-18-25(11-4-5-12-25)20-9-10-21-22(17-20)31-16-15-30-21/h1-3,6-10,13-14,17,23H,4-5,11-12,15-16,18H2,(H,26,29). The van der Waals surface area contributed by atoms with Gasteiger partial charge in [-0.1, -0.05) is 49.2 Å². The fraction of sp³-hybridized carbons (Fsp3) is 0.360. The first-order valence-corrected chi connectivity index (χ1v) is 11.0. The van der Waals surface area contributed by atoms with Crippen LogP contribution in [0.2, 0.25) is 0 Å². The molecule has 2 aliphatic rings. The van der Waals surface area contributed by atoms with Crippen molar-refractivity contribution in [3.05, 3.63) is 78.1 Å². The molecule has 0 radical (unpaired) electrons. The molecule has 0 spiro atoms. The summed E-state index contributed by atoms with van der Waals surface area (Å²) in [4.78, 5) is 13.4. The van der Waals surface area contributed by atoms with Crippen molar-refractivity contribution in [1.29, 1.82) is 0 Å². The van der Waals surface area contributed by atoms with E-state index >= 15 is 0 Å². The van der Waals surface area contributed by atoms with E-state index in [4.69, 9.17) is 9.47 Å². The second-order valence-corrected chi connectivity index (χ2v) is 8.36. The molecule has 5 rings (SSSR count). The normalized spacial score (nSPS) is 17.8. The van der Waals surface area contributed by atoms with Crippen LogP contribution in [-0.2, 0) is 10.2 Å². The highest BCUT2D eigenvalue weighted by Gasteiger charge is 2.37. The molecule has 0 bridgehead atoms. The Morgan fingerprint density at radius 1 is 1.03 bits per heavy atom. The monoisotopic (exact) mass is 417 g/mol. The summed E-state index contributed by atoms with van der Waals surface area (Å²) in [6.07, 6.45) is 7.95. The van der Waals surface area contributed by atoms with E-state index in [1.807, 2.05) is 48.7 Å². The molecule has 6 nitrogen and oxygen atoms in total. The second-order valence-electron chi connectivity index (χ2n) is 8.36. The Labute approximate surface area is 182 Å². The van der Waals surface area contributed by atoms with E-state index in [0.717, 1.165) is 42.7 Å². The minimum atomic E-state index is -0.491. The zero-order chi connectivity index (χ0) is 21.1. The molecule has 160 valence electrons. The molecule has 1 fully saturated rings. The Kier molecular flexibility index (Phi) is 5.37. The molecule has 3 aromatic rings. The maximum absolute atomic E-state index is 13.4. The molecule has 1 atom stereocenters. The first kappa shape index (κ1) is 19.7. The Bertz CT molecular complexity index is 1030. The third-order valence-electron chi connectivity index (χ3n) is 6.47. The van der Waals surface area contributed by atoms with Gasteiger partial charge in [-0.25, -0.2) is 0 Å². The molecule has 1 aromatic heterocycles. The summed E-state index contributed by atoms with van der Waals surface area (Å²) >= 11 is 0. The van der Waals surface area contributed by atoms with Crippen molar-refractivity contribution in [2.75, 3.05) is 19.8 Å². The van der Waals surface area contributed by atoms with Crippen LogP contribution in [0.5, 0.6) is 11.5 Å². The van der Waals surface area contributed by atoms with Crippen LogP contribution < -0.4 is 14.8 Å². The molecule has 1 unspecified atom stereocenters. The lowest BCUT2D eigenvalue weighted by molar-refractivity contribution is -0.123. The van der Waals surface area contributed by atoms with Crippen molar-refractivity contribution in [3.8, 4) is 11.5 Å². The molecule has 1 aliphatic carbocycles. The molecule has 31 heavy (non-hydrogen) atoms. The zero-order valence-electron chi connectivity index (χ0n) is 17.5. The lowest BCUT2D eigenvalue weighted by Gasteiger charge is -2.32. The van der Waals surface area contributed by atoms with Gasteiger partial charge in [-0.05, 0) is 42.2 Å². The van der Waals surface area contributed by atoms with Gasteiger partial charge in [0, 0.05) is 24.4 Å². The molecule has 0 saturated heterocycles. The number of carbonyl (C=O) groups is 1. The largest absolute Gasteiger partial charge is 0.486 e. The molecule has 2 aromatic carbocycles. The van der Waals surface area contributed by atoms with E-state index in [1.54, 1.807) is 10.9 Å². The van der Waals surface area contributed by atoms with Gasteiger partial charge in [0.2, 0.25) is 5.91 Å². The van der Waals surface area contributed by atoms with Crippen molar-refractivity contribution < 1.29 is 14.3 Å². The molecular formula is C25H27N3O3. The quantitative estimate of drug-likeness (QED) is 0.661. The van der Waals surface area contributed by atoms with Crippen molar-refractivity contribution in [2.24, 2.45) is 0 Å². The van der Waals surface area contributed by atoms with Crippen LogP contribution in [-0.4, -0.2) is 35.4 Å². The maximum Gasteiger partial charge on any atom is 0.249 e. The zero-order valence-corrected chi connectivity index (χ0v) is 17.5. The van der Waals surface area contributed by atoms with E-state index in [9.17, 15) is 4.79 Å². The lowest BCUT2D eigenvalue weighted by Crippen LogP contribution is -2.42. The predicted molar refractivity (Wildman–Crippen MR) is 117 cm³/mol. The molecule has 1 N–H and O–H groups in total. The third-order valence-corrected chi connectivity index (χ3v) is 6.47.